The Bertz CT molecular complexity index is 1180. The van der Waals surface area contributed by atoms with E-state index >= 15 is 0 Å². The average molecular weight is 501 g/mol. The molecule has 0 saturated carbocycles. The van der Waals surface area contributed by atoms with Crippen LogP contribution in [0.25, 0.3) is 0 Å². The first-order chi connectivity index (χ1) is 15.1. The van der Waals surface area contributed by atoms with Crippen molar-refractivity contribution in [2.45, 2.75) is 39.5 Å². The van der Waals surface area contributed by atoms with Crippen LogP contribution in [0.15, 0.2) is 69.5 Å². The molecule has 0 bridgehead atoms. The summed E-state index contributed by atoms with van der Waals surface area (Å²) in [6.07, 6.45) is 1.06. The van der Waals surface area contributed by atoms with Crippen molar-refractivity contribution < 1.29 is 18.4 Å². The Morgan fingerprint density at radius 1 is 1.12 bits per heavy atom. The molecule has 1 aliphatic heterocycles. The van der Waals surface area contributed by atoms with Gasteiger partial charge in [0, 0.05) is 45.4 Å². The fraction of sp³-hybridized carbons (Fsp3) is 0.280. The minimum absolute atomic E-state index is 0.0116. The highest BCUT2D eigenvalue weighted by atomic mass is 79.9. The van der Waals surface area contributed by atoms with Crippen LogP contribution in [-0.4, -0.2) is 11.7 Å². The molecule has 2 aromatic carbocycles. The lowest BCUT2D eigenvalue weighted by molar-refractivity contribution is -0.118. The van der Waals surface area contributed by atoms with Crippen molar-refractivity contribution in [2.75, 3.05) is 5.32 Å². The van der Waals surface area contributed by atoms with Crippen molar-refractivity contribution in [1.82, 2.24) is 5.32 Å². The van der Waals surface area contributed by atoms with E-state index in [4.69, 9.17) is 0 Å². The van der Waals surface area contributed by atoms with Gasteiger partial charge >= 0.3 is 0 Å². The standard InChI is InChI=1S/C25H23BrF2N2O2/c1-13-21(24(32)30-18-9-8-16(27)10-17(18)28)22(14-4-6-15(26)7-5-14)23-19(29-13)11-25(2,3)12-20(23)31/h4-10,22,29H,11-12H2,1-3H3,(H,30,32)/t22-/m0/s1. The van der Waals surface area contributed by atoms with Gasteiger partial charge in [-0.2, -0.15) is 0 Å². The molecule has 0 aromatic heterocycles. The summed E-state index contributed by atoms with van der Waals surface area (Å²) < 4.78 is 28.4. The Morgan fingerprint density at radius 3 is 2.47 bits per heavy atom. The number of amides is 1. The number of hydrogen-bond donors (Lipinski definition) is 2. The van der Waals surface area contributed by atoms with Crippen molar-refractivity contribution >= 4 is 33.3 Å². The van der Waals surface area contributed by atoms with Crippen LogP contribution in [0.2, 0.25) is 0 Å². The van der Waals surface area contributed by atoms with Gasteiger partial charge in [-0.3, -0.25) is 9.59 Å². The molecule has 2 aliphatic rings. The fourth-order valence-corrected chi connectivity index (χ4v) is 4.77. The fourth-order valence-electron chi connectivity index (χ4n) is 4.51. The quantitative estimate of drug-likeness (QED) is 0.545. The molecule has 0 radical (unpaired) electrons. The van der Waals surface area contributed by atoms with E-state index in [1.807, 2.05) is 38.1 Å². The lowest BCUT2D eigenvalue weighted by Gasteiger charge is -2.39. The third-order valence-corrected chi connectivity index (χ3v) is 6.40. The molecule has 0 unspecified atom stereocenters. The van der Waals surface area contributed by atoms with Gasteiger partial charge in [-0.15, -0.1) is 0 Å². The van der Waals surface area contributed by atoms with E-state index in [9.17, 15) is 18.4 Å². The number of dihydropyridines is 1. The van der Waals surface area contributed by atoms with E-state index in [2.05, 4.69) is 26.6 Å². The number of ketones is 1. The van der Waals surface area contributed by atoms with Gasteiger partial charge in [-0.05, 0) is 48.6 Å². The molecule has 32 heavy (non-hydrogen) atoms. The molecular formula is C25H23BrF2N2O2. The maximum Gasteiger partial charge on any atom is 0.254 e. The van der Waals surface area contributed by atoms with Gasteiger partial charge in [0.25, 0.3) is 5.91 Å². The number of hydrogen-bond acceptors (Lipinski definition) is 3. The van der Waals surface area contributed by atoms with E-state index in [1.165, 1.54) is 6.07 Å². The third-order valence-electron chi connectivity index (χ3n) is 5.87. The minimum Gasteiger partial charge on any atom is -0.362 e. The van der Waals surface area contributed by atoms with Crippen LogP contribution >= 0.6 is 15.9 Å². The highest BCUT2D eigenvalue weighted by Gasteiger charge is 2.42. The van der Waals surface area contributed by atoms with Crippen molar-refractivity contribution in [3.63, 3.8) is 0 Å². The molecular weight excluding hydrogens is 478 g/mol. The summed E-state index contributed by atoms with van der Waals surface area (Å²) in [5.41, 5.74) is 2.81. The average Bonchev–Trinajstić information content (AvgIpc) is 2.68. The molecule has 4 nitrogen and oxygen atoms in total. The number of benzene rings is 2. The van der Waals surface area contributed by atoms with E-state index < -0.39 is 23.5 Å². The molecule has 0 fully saturated rings. The zero-order valence-corrected chi connectivity index (χ0v) is 19.6. The zero-order chi connectivity index (χ0) is 23.2. The highest BCUT2D eigenvalue weighted by molar-refractivity contribution is 9.10. The zero-order valence-electron chi connectivity index (χ0n) is 18.0. The monoisotopic (exact) mass is 500 g/mol. The van der Waals surface area contributed by atoms with Gasteiger partial charge in [-0.1, -0.05) is 41.9 Å². The molecule has 1 atom stereocenters. The van der Waals surface area contributed by atoms with Crippen molar-refractivity contribution in [3.05, 3.63) is 86.7 Å². The first kappa shape index (κ1) is 22.4. The molecule has 0 saturated heterocycles. The maximum absolute atomic E-state index is 14.2. The Kier molecular flexibility index (Phi) is 5.79. The van der Waals surface area contributed by atoms with Crippen LogP contribution in [0.1, 0.15) is 45.1 Å². The Hall–Kier alpha value is -2.80. The molecule has 2 aromatic rings. The molecule has 7 heteroatoms. The molecule has 1 amide bonds. The molecule has 2 N–H and O–H groups in total. The van der Waals surface area contributed by atoms with Crippen molar-refractivity contribution in [3.8, 4) is 0 Å². The summed E-state index contributed by atoms with van der Waals surface area (Å²) >= 11 is 3.42. The van der Waals surface area contributed by atoms with Crippen LogP contribution in [0.3, 0.4) is 0 Å². The number of carbonyl (C=O) groups is 2. The van der Waals surface area contributed by atoms with E-state index in [0.717, 1.165) is 27.9 Å². The third kappa shape index (κ3) is 4.26. The second kappa shape index (κ2) is 8.28. The van der Waals surface area contributed by atoms with Gasteiger partial charge in [0.1, 0.15) is 11.6 Å². The van der Waals surface area contributed by atoms with Crippen molar-refractivity contribution in [2.24, 2.45) is 5.41 Å². The van der Waals surface area contributed by atoms with Gasteiger partial charge in [0.15, 0.2) is 5.78 Å². The number of anilines is 1. The molecule has 1 aliphatic carbocycles. The van der Waals surface area contributed by atoms with Crippen LogP contribution in [0.4, 0.5) is 14.5 Å². The summed E-state index contributed by atoms with van der Waals surface area (Å²) in [5, 5.41) is 5.82. The summed E-state index contributed by atoms with van der Waals surface area (Å²) in [6.45, 7) is 5.87. The van der Waals surface area contributed by atoms with Crippen LogP contribution in [-0.2, 0) is 9.59 Å². The number of rotatable bonds is 3. The summed E-state index contributed by atoms with van der Waals surface area (Å²) in [5.74, 6) is -2.74. The van der Waals surface area contributed by atoms with Crippen LogP contribution < -0.4 is 10.6 Å². The minimum atomic E-state index is -0.865. The predicted octanol–water partition coefficient (Wildman–Crippen LogP) is 5.97. The summed E-state index contributed by atoms with van der Waals surface area (Å²) in [6, 6.07) is 10.4. The lowest BCUT2D eigenvalue weighted by atomic mass is 9.68. The van der Waals surface area contributed by atoms with E-state index in [0.29, 0.717) is 29.7 Å². The summed E-state index contributed by atoms with van der Waals surface area (Å²) in [4.78, 5) is 26.6. The number of nitrogens with one attached hydrogen (secondary N) is 2. The molecule has 0 spiro atoms. The molecule has 4 rings (SSSR count). The first-order valence-corrected chi connectivity index (χ1v) is 11.1. The SMILES string of the molecule is CC1=C(C(=O)Nc2ccc(F)cc2F)[C@H](c2ccc(Br)cc2)C2=C(CC(C)(C)CC2=O)N1. The van der Waals surface area contributed by atoms with Crippen LogP contribution in [0, 0.1) is 17.0 Å². The maximum atomic E-state index is 14.2. The first-order valence-electron chi connectivity index (χ1n) is 10.3. The number of carbonyl (C=O) groups excluding carboxylic acids is 2. The second-order valence-electron chi connectivity index (χ2n) is 9.06. The smallest absolute Gasteiger partial charge is 0.254 e. The van der Waals surface area contributed by atoms with Crippen LogP contribution in [0.5, 0.6) is 0 Å². The number of allylic oxidation sites excluding steroid dienone is 3. The largest absolute Gasteiger partial charge is 0.362 e. The predicted molar refractivity (Wildman–Crippen MR) is 123 cm³/mol. The normalized spacial score (nSPS) is 20.1. The van der Waals surface area contributed by atoms with E-state index in [1.54, 1.807) is 6.92 Å². The Balaban J connectivity index is 1.80. The van der Waals surface area contributed by atoms with Gasteiger partial charge in [0.2, 0.25) is 0 Å². The Morgan fingerprint density at radius 2 is 1.81 bits per heavy atom. The van der Waals surface area contributed by atoms with E-state index in [-0.39, 0.29) is 16.9 Å². The number of Topliss-reactive ketones (excluding diaryl/α,β-unsaturated/α-hetero) is 1. The lowest BCUT2D eigenvalue weighted by Crippen LogP contribution is -2.39. The highest BCUT2D eigenvalue weighted by Crippen LogP contribution is 2.46. The molecule has 166 valence electrons. The Labute approximate surface area is 193 Å². The topological polar surface area (TPSA) is 58.2 Å². The number of halogens is 3. The molecule has 1 heterocycles. The van der Waals surface area contributed by atoms with Gasteiger partial charge < -0.3 is 10.6 Å². The second-order valence-corrected chi connectivity index (χ2v) is 9.98. The van der Waals surface area contributed by atoms with Gasteiger partial charge in [0.05, 0.1) is 5.69 Å². The van der Waals surface area contributed by atoms with Crippen molar-refractivity contribution in [1.29, 1.82) is 0 Å². The summed E-state index contributed by atoms with van der Waals surface area (Å²) in [7, 11) is 0. The van der Waals surface area contributed by atoms with Gasteiger partial charge in [-0.25, -0.2) is 8.78 Å².